The van der Waals surface area contributed by atoms with Gasteiger partial charge < -0.3 is 5.11 Å². The van der Waals surface area contributed by atoms with E-state index in [9.17, 15) is 4.79 Å². The Kier molecular flexibility index (Phi) is 2.27. The zero-order valence-electron chi connectivity index (χ0n) is 8.95. The Morgan fingerprint density at radius 1 is 1.47 bits per heavy atom. The topological polar surface area (TPSA) is 49.3 Å². The van der Waals surface area contributed by atoms with Crippen LogP contribution in [0.4, 0.5) is 0 Å². The van der Waals surface area contributed by atoms with Gasteiger partial charge in [-0.3, -0.25) is 10.1 Å². The Morgan fingerprint density at radius 3 is 2.80 bits per heavy atom. The number of carbonyl (C=O) groups is 1. The van der Waals surface area contributed by atoms with Crippen molar-refractivity contribution in [3.8, 4) is 0 Å². The van der Waals surface area contributed by atoms with Gasteiger partial charge in [0.2, 0.25) is 0 Å². The molecular formula is C12H15NO2. The highest BCUT2D eigenvalue weighted by Gasteiger charge is 2.34. The van der Waals surface area contributed by atoms with Gasteiger partial charge in [0, 0.05) is 12.0 Å². The molecule has 1 aliphatic rings. The fourth-order valence-corrected chi connectivity index (χ4v) is 2.15. The van der Waals surface area contributed by atoms with Crippen molar-refractivity contribution in [1.82, 2.24) is 5.32 Å². The molecule has 1 aromatic carbocycles. The number of hydrogen-bond donors (Lipinski definition) is 2. The Hall–Kier alpha value is -1.35. The Morgan fingerprint density at radius 2 is 2.13 bits per heavy atom. The van der Waals surface area contributed by atoms with Gasteiger partial charge in [0.05, 0.1) is 0 Å². The van der Waals surface area contributed by atoms with E-state index in [2.05, 4.69) is 19.2 Å². The maximum absolute atomic E-state index is 11.1. The first kappa shape index (κ1) is 10.2. The van der Waals surface area contributed by atoms with Gasteiger partial charge in [-0.2, -0.15) is 0 Å². The van der Waals surface area contributed by atoms with Crippen LogP contribution in [-0.4, -0.2) is 17.6 Å². The third-order valence-corrected chi connectivity index (χ3v) is 3.00. The number of benzene rings is 1. The first-order chi connectivity index (χ1) is 7.02. The molecule has 0 spiro atoms. The summed E-state index contributed by atoms with van der Waals surface area (Å²) in [5.74, 6) is -0.807. The molecule has 2 N–H and O–H groups in total. The van der Waals surface area contributed by atoms with Crippen LogP contribution in [-0.2, 0) is 10.2 Å². The van der Waals surface area contributed by atoms with E-state index in [1.165, 1.54) is 0 Å². The van der Waals surface area contributed by atoms with E-state index in [4.69, 9.17) is 5.11 Å². The number of fused-ring (bicyclic) bond motifs is 1. The summed E-state index contributed by atoms with van der Waals surface area (Å²) >= 11 is 0. The SMILES string of the molecule is CC1(C)CN[C@@H](C(=O)O)c2ccccc21. The van der Waals surface area contributed by atoms with Crippen molar-refractivity contribution in [3.05, 3.63) is 35.4 Å². The minimum absolute atomic E-state index is 0.00252. The van der Waals surface area contributed by atoms with Gasteiger partial charge in [0.25, 0.3) is 0 Å². The summed E-state index contributed by atoms with van der Waals surface area (Å²) in [4.78, 5) is 11.1. The van der Waals surface area contributed by atoms with E-state index >= 15 is 0 Å². The Bertz CT molecular complexity index is 398. The molecule has 1 aliphatic heterocycles. The average molecular weight is 205 g/mol. The molecule has 1 heterocycles. The predicted molar refractivity (Wildman–Crippen MR) is 57.8 cm³/mol. The maximum atomic E-state index is 11.1. The van der Waals surface area contributed by atoms with Gasteiger partial charge in [-0.15, -0.1) is 0 Å². The number of nitrogens with one attached hydrogen (secondary N) is 1. The van der Waals surface area contributed by atoms with Crippen molar-refractivity contribution in [2.75, 3.05) is 6.54 Å². The average Bonchev–Trinajstić information content (AvgIpc) is 2.17. The molecule has 1 aromatic rings. The lowest BCUT2D eigenvalue weighted by atomic mass is 9.77. The van der Waals surface area contributed by atoms with E-state index in [1.54, 1.807) is 0 Å². The second kappa shape index (κ2) is 3.35. The summed E-state index contributed by atoms with van der Waals surface area (Å²) in [5.41, 5.74) is 2.03. The maximum Gasteiger partial charge on any atom is 0.325 e. The molecule has 0 radical (unpaired) electrons. The Balaban J connectivity index is 2.53. The fraction of sp³-hybridized carbons (Fsp3) is 0.417. The zero-order chi connectivity index (χ0) is 11.1. The third kappa shape index (κ3) is 1.63. The summed E-state index contributed by atoms with van der Waals surface area (Å²) in [5, 5.41) is 12.2. The molecule has 0 fully saturated rings. The molecule has 1 atom stereocenters. The molecule has 0 saturated carbocycles. The molecule has 0 saturated heterocycles. The molecule has 15 heavy (non-hydrogen) atoms. The van der Waals surface area contributed by atoms with Gasteiger partial charge in [0.15, 0.2) is 0 Å². The summed E-state index contributed by atoms with van der Waals surface area (Å²) in [6.07, 6.45) is 0. The van der Waals surface area contributed by atoms with Crippen molar-refractivity contribution < 1.29 is 9.90 Å². The minimum Gasteiger partial charge on any atom is -0.480 e. The smallest absolute Gasteiger partial charge is 0.325 e. The van der Waals surface area contributed by atoms with Crippen LogP contribution in [0.15, 0.2) is 24.3 Å². The quantitative estimate of drug-likeness (QED) is 0.733. The van der Waals surface area contributed by atoms with Crippen molar-refractivity contribution in [2.24, 2.45) is 0 Å². The van der Waals surface area contributed by atoms with Crippen molar-refractivity contribution in [3.63, 3.8) is 0 Å². The fourth-order valence-electron chi connectivity index (χ4n) is 2.15. The summed E-state index contributed by atoms with van der Waals surface area (Å²) < 4.78 is 0. The molecule has 2 rings (SSSR count). The molecule has 80 valence electrons. The van der Waals surface area contributed by atoms with Gasteiger partial charge in [-0.25, -0.2) is 0 Å². The van der Waals surface area contributed by atoms with Gasteiger partial charge in [-0.1, -0.05) is 38.1 Å². The van der Waals surface area contributed by atoms with Gasteiger partial charge >= 0.3 is 5.97 Å². The van der Waals surface area contributed by atoms with Crippen LogP contribution in [0.5, 0.6) is 0 Å². The molecule has 0 bridgehead atoms. The third-order valence-electron chi connectivity index (χ3n) is 3.00. The monoisotopic (exact) mass is 205 g/mol. The van der Waals surface area contributed by atoms with E-state index in [0.717, 1.165) is 11.1 Å². The first-order valence-corrected chi connectivity index (χ1v) is 5.08. The zero-order valence-corrected chi connectivity index (χ0v) is 8.95. The van der Waals surface area contributed by atoms with E-state index in [1.807, 2.05) is 24.3 Å². The number of carboxylic acids is 1. The predicted octanol–water partition coefficient (Wildman–Crippen LogP) is 1.69. The lowest BCUT2D eigenvalue weighted by molar-refractivity contribution is -0.140. The van der Waals surface area contributed by atoms with E-state index in [-0.39, 0.29) is 5.41 Å². The van der Waals surface area contributed by atoms with E-state index < -0.39 is 12.0 Å². The summed E-state index contributed by atoms with van der Waals surface area (Å²) in [7, 11) is 0. The second-order valence-corrected chi connectivity index (χ2v) is 4.62. The summed E-state index contributed by atoms with van der Waals surface area (Å²) in [6.45, 7) is 4.94. The van der Waals surface area contributed by atoms with Crippen LogP contribution in [0.2, 0.25) is 0 Å². The van der Waals surface area contributed by atoms with Crippen LogP contribution in [0.25, 0.3) is 0 Å². The molecule has 3 heteroatoms. The van der Waals surface area contributed by atoms with Crippen LogP contribution in [0.1, 0.15) is 31.0 Å². The van der Waals surface area contributed by atoms with Crippen LogP contribution < -0.4 is 5.32 Å². The van der Waals surface area contributed by atoms with Gasteiger partial charge in [-0.05, 0) is 11.1 Å². The number of rotatable bonds is 1. The second-order valence-electron chi connectivity index (χ2n) is 4.62. The van der Waals surface area contributed by atoms with Crippen LogP contribution >= 0.6 is 0 Å². The van der Waals surface area contributed by atoms with E-state index in [0.29, 0.717) is 6.54 Å². The lowest BCUT2D eigenvalue weighted by Crippen LogP contribution is -2.44. The van der Waals surface area contributed by atoms with Crippen molar-refractivity contribution >= 4 is 5.97 Å². The van der Waals surface area contributed by atoms with Crippen molar-refractivity contribution in [2.45, 2.75) is 25.3 Å². The Labute approximate surface area is 89.1 Å². The molecule has 0 unspecified atom stereocenters. The standard InChI is InChI=1S/C12H15NO2/c1-12(2)7-13-10(11(14)15)8-5-3-4-6-9(8)12/h3-6,10,13H,7H2,1-2H3,(H,14,15)/t10-/m1/s1. The first-order valence-electron chi connectivity index (χ1n) is 5.08. The van der Waals surface area contributed by atoms with Crippen LogP contribution in [0.3, 0.4) is 0 Å². The highest BCUT2D eigenvalue weighted by atomic mass is 16.4. The molecular weight excluding hydrogens is 190 g/mol. The normalized spacial score (nSPS) is 23.2. The molecule has 0 aliphatic carbocycles. The number of aliphatic carboxylic acids is 1. The molecule has 3 nitrogen and oxygen atoms in total. The van der Waals surface area contributed by atoms with Crippen molar-refractivity contribution in [1.29, 1.82) is 0 Å². The van der Waals surface area contributed by atoms with Gasteiger partial charge in [0.1, 0.15) is 6.04 Å². The number of hydrogen-bond acceptors (Lipinski definition) is 2. The molecule has 0 aromatic heterocycles. The molecule has 0 amide bonds. The highest BCUT2D eigenvalue weighted by Crippen LogP contribution is 2.34. The minimum atomic E-state index is -0.807. The number of carboxylic acid groups (broad SMARTS) is 1. The highest BCUT2D eigenvalue weighted by molar-refractivity contribution is 5.77. The van der Waals surface area contributed by atoms with Crippen LogP contribution in [0, 0.1) is 0 Å². The lowest BCUT2D eigenvalue weighted by Gasteiger charge is -2.36. The summed E-state index contributed by atoms with van der Waals surface area (Å²) in [6, 6.07) is 7.20. The largest absolute Gasteiger partial charge is 0.480 e.